The van der Waals surface area contributed by atoms with E-state index >= 15 is 0 Å². The predicted octanol–water partition coefficient (Wildman–Crippen LogP) is -2.40. The molecule has 2 aliphatic heterocycles. The number of aliphatic hydroxyl groups excluding tert-OH is 5. The van der Waals surface area contributed by atoms with Gasteiger partial charge in [0, 0.05) is 12.8 Å². The molecule has 0 bridgehead atoms. The van der Waals surface area contributed by atoms with E-state index in [9.17, 15) is 40.2 Å². The summed E-state index contributed by atoms with van der Waals surface area (Å²) in [6.07, 6.45) is -12.2. The van der Waals surface area contributed by atoms with Crippen molar-refractivity contribution in [1.29, 1.82) is 0 Å². The third-order valence-electron chi connectivity index (χ3n) is 6.20. The molecule has 2 fully saturated rings. The van der Waals surface area contributed by atoms with Gasteiger partial charge in [-0.05, 0) is 30.7 Å². The normalized spacial score (nSPS) is 37.3. The van der Waals surface area contributed by atoms with Crippen molar-refractivity contribution in [2.45, 2.75) is 68.4 Å². The summed E-state index contributed by atoms with van der Waals surface area (Å²) in [5.74, 6) is -2.49. The van der Waals surface area contributed by atoms with Gasteiger partial charge in [0.1, 0.15) is 35.9 Å². The summed E-state index contributed by atoms with van der Waals surface area (Å²) >= 11 is 0. The molecule has 2 heterocycles. The molecule has 0 aliphatic carbocycles. The van der Waals surface area contributed by atoms with Crippen LogP contribution in [0.25, 0.3) is 0 Å². The highest BCUT2D eigenvalue weighted by molar-refractivity contribution is 5.74. The van der Waals surface area contributed by atoms with Crippen LogP contribution in [0.5, 0.6) is 11.5 Å². The van der Waals surface area contributed by atoms with E-state index in [1.807, 2.05) is 0 Å². The molecule has 35 heavy (non-hydrogen) atoms. The van der Waals surface area contributed by atoms with E-state index in [0.29, 0.717) is 5.75 Å². The van der Waals surface area contributed by atoms with Crippen LogP contribution in [0, 0.1) is 5.92 Å². The van der Waals surface area contributed by atoms with E-state index in [1.165, 1.54) is 26.2 Å². The zero-order valence-corrected chi connectivity index (χ0v) is 19.1. The molecule has 0 unspecified atom stereocenters. The zero-order valence-electron chi connectivity index (χ0n) is 19.1. The van der Waals surface area contributed by atoms with Gasteiger partial charge < -0.3 is 54.9 Å². The van der Waals surface area contributed by atoms with Gasteiger partial charge in [-0.3, -0.25) is 4.79 Å². The van der Waals surface area contributed by atoms with Gasteiger partial charge >= 0.3 is 5.97 Å². The largest absolute Gasteiger partial charge is 0.497 e. The first-order chi connectivity index (χ1) is 16.6. The summed E-state index contributed by atoms with van der Waals surface area (Å²) in [6, 6.07) is 5.01. The highest BCUT2D eigenvalue weighted by Crippen LogP contribution is 2.35. The van der Waals surface area contributed by atoms with E-state index in [1.54, 1.807) is 12.1 Å². The number of carbonyl (C=O) groups is 2. The lowest BCUT2D eigenvalue weighted by atomic mass is 9.80. The molecule has 13 nitrogen and oxygen atoms in total. The maximum atomic E-state index is 12.0. The molecule has 2 saturated heterocycles. The lowest BCUT2D eigenvalue weighted by Gasteiger charge is -2.46. The zero-order chi connectivity index (χ0) is 25.9. The summed E-state index contributed by atoms with van der Waals surface area (Å²) in [6.45, 7) is 0.520. The highest BCUT2D eigenvalue weighted by atomic mass is 16.7. The fraction of sp³-hybridized carbons (Fsp3) is 0.636. The van der Waals surface area contributed by atoms with Crippen LogP contribution in [-0.4, -0.2) is 111 Å². The number of aliphatic carboxylic acids is 1. The Balaban J connectivity index is 1.80. The molecule has 13 heteroatoms. The Labute approximate surface area is 200 Å². The molecular weight excluding hydrogens is 470 g/mol. The van der Waals surface area contributed by atoms with Crippen LogP contribution < -0.4 is 14.8 Å². The number of carboxylic acid groups (broad SMARTS) is 1. The summed E-state index contributed by atoms with van der Waals surface area (Å²) in [4.78, 5) is 23.7. The molecule has 3 rings (SSSR count). The van der Waals surface area contributed by atoms with E-state index in [0.717, 1.165) is 0 Å². The van der Waals surface area contributed by atoms with Gasteiger partial charge in [0.15, 0.2) is 6.10 Å². The molecule has 0 radical (unpaired) electrons. The fourth-order valence-corrected chi connectivity index (χ4v) is 4.39. The molecule has 7 N–H and O–H groups in total. The summed E-state index contributed by atoms with van der Waals surface area (Å²) in [5, 5.41) is 63.8. The number of methoxy groups -OCH3 is 1. The van der Waals surface area contributed by atoms with Crippen molar-refractivity contribution in [3.63, 3.8) is 0 Å². The topological polar surface area (TPSA) is 204 Å². The fourth-order valence-electron chi connectivity index (χ4n) is 4.39. The number of hydrogen-bond acceptors (Lipinski definition) is 11. The van der Waals surface area contributed by atoms with Gasteiger partial charge in [-0.2, -0.15) is 0 Å². The SMILES string of the molecule is COc1ccc(O[C@@H]2O[C@H](C(=O)O)[C@@H](C[C@@H]3O[C@H](CO)[C@@H](O)[C@H](O)[C@H]3NC(C)=O)[C@H](O)[C@H]2O)cc1. The predicted molar refractivity (Wildman–Crippen MR) is 115 cm³/mol. The molecule has 10 atom stereocenters. The second kappa shape index (κ2) is 11.5. The molecule has 1 aromatic carbocycles. The summed E-state index contributed by atoms with van der Waals surface area (Å²) < 4.78 is 21.7. The Morgan fingerprint density at radius 2 is 1.57 bits per heavy atom. The smallest absolute Gasteiger partial charge is 0.333 e. The van der Waals surface area contributed by atoms with Gasteiger partial charge in [0.2, 0.25) is 12.2 Å². The lowest BCUT2D eigenvalue weighted by Crippen LogP contribution is -2.66. The van der Waals surface area contributed by atoms with Crippen LogP contribution in [0.1, 0.15) is 13.3 Å². The summed E-state index contributed by atoms with van der Waals surface area (Å²) in [5.41, 5.74) is 0. The third kappa shape index (κ3) is 6.01. The maximum absolute atomic E-state index is 12.0. The number of hydrogen-bond donors (Lipinski definition) is 7. The number of amides is 1. The van der Waals surface area contributed by atoms with Gasteiger partial charge in [-0.15, -0.1) is 0 Å². The first-order valence-corrected chi connectivity index (χ1v) is 11.0. The minimum absolute atomic E-state index is 0.230. The minimum atomic E-state index is -1.66. The number of carboxylic acids is 1. The number of carbonyl (C=O) groups excluding carboxylic acids is 1. The van der Waals surface area contributed by atoms with Crippen molar-refractivity contribution in [2.75, 3.05) is 13.7 Å². The molecule has 0 spiro atoms. The molecule has 0 saturated carbocycles. The Bertz CT molecular complexity index is 866. The van der Waals surface area contributed by atoms with Gasteiger partial charge in [0.05, 0.1) is 32.0 Å². The van der Waals surface area contributed by atoms with Crippen molar-refractivity contribution in [3.05, 3.63) is 24.3 Å². The first-order valence-electron chi connectivity index (χ1n) is 11.0. The van der Waals surface area contributed by atoms with Crippen molar-refractivity contribution < 1.29 is 59.2 Å². The minimum Gasteiger partial charge on any atom is -0.497 e. The maximum Gasteiger partial charge on any atom is 0.333 e. The average molecular weight is 501 g/mol. The van der Waals surface area contributed by atoms with Gasteiger partial charge in [-0.25, -0.2) is 4.79 Å². The van der Waals surface area contributed by atoms with Gasteiger partial charge in [0.25, 0.3) is 0 Å². The van der Waals surface area contributed by atoms with Crippen LogP contribution in [0.4, 0.5) is 0 Å². The van der Waals surface area contributed by atoms with Crippen LogP contribution in [0.2, 0.25) is 0 Å². The van der Waals surface area contributed by atoms with Crippen molar-refractivity contribution >= 4 is 11.9 Å². The second-order valence-electron chi connectivity index (χ2n) is 8.54. The molecule has 2 aliphatic rings. The van der Waals surface area contributed by atoms with Crippen LogP contribution in [0.15, 0.2) is 24.3 Å². The van der Waals surface area contributed by atoms with E-state index < -0.39 is 79.5 Å². The molecule has 1 amide bonds. The number of rotatable bonds is 8. The van der Waals surface area contributed by atoms with E-state index in [-0.39, 0.29) is 12.2 Å². The lowest BCUT2D eigenvalue weighted by molar-refractivity contribution is -0.267. The molecule has 0 aromatic heterocycles. The van der Waals surface area contributed by atoms with Crippen molar-refractivity contribution in [1.82, 2.24) is 5.32 Å². The molecular formula is C22H31NO12. The Morgan fingerprint density at radius 3 is 2.11 bits per heavy atom. The Hall–Kier alpha value is -2.52. The highest BCUT2D eigenvalue weighted by Gasteiger charge is 2.52. The monoisotopic (exact) mass is 501 g/mol. The standard InChI is InChI=1S/C22H31NO12/c1-9(25)23-15-13(34-14(8-24)17(27)18(15)28)7-12-16(26)19(29)22(35-20(12)21(30)31)33-11-5-3-10(32-2)4-6-11/h3-6,12-20,22,24,26-29H,7-8H2,1-2H3,(H,23,25)(H,30,31)/t12-,13-,14+,15-,16-,17+,18+,19+,20-,22+/m0/s1. The van der Waals surface area contributed by atoms with Crippen LogP contribution in [0.3, 0.4) is 0 Å². The number of ether oxygens (including phenoxy) is 4. The van der Waals surface area contributed by atoms with Crippen LogP contribution in [-0.2, 0) is 19.1 Å². The molecule has 196 valence electrons. The number of aliphatic hydroxyl groups is 5. The van der Waals surface area contributed by atoms with E-state index in [4.69, 9.17) is 18.9 Å². The Kier molecular flexibility index (Phi) is 8.88. The summed E-state index contributed by atoms with van der Waals surface area (Å²) in [7, 11) is 1.48. The third-order valence-corrected chi connectivity index (χ3v) is 6.20. The number of benzene rings is 1. The second-order valence-corrected chi connectivity index (χ2v) is 8.54. The Morgan fingerprint density at radius 1 is 0.943 bits per heavy atom. The molecule has 1 aromatic rings. The quantitative estimate of drug-likeness (QED) is 0.199. The van der Waals surface area contributed by atoms with Crippen molar-refractivity contribution in [3.8, 4) is 11.5 Å². The van der Waals surface area contributed by atoms with Gasteiger partial charge in [-0.1, -0.05) is 0 Å². The average Bonchev–Trinajstić information content (AvgIpc) is 2.83. The number of nitrogens with one attached hydrogen (secondary N) is 1. The first kappa shape index (κ1) is 27.1. The van der Waals surface area contributed by atoms with Crippen LogP contribution >= 0.6 is 0 Å². The van der Waals surface area contributed by atoms with E-state index in [2.05, 4.69) is 5.32 Å². The van der Waals surface area contributed by atoms with Crippen molar-refractivity contribution in [2.24, 2.45) is 5.92 Å².